The van der Waals surface area contributed by atoms with Crippen molar-refractivity contribution < 1.29 is 0 Å². The fourth-order valence-electron chi connectivity index (χ4n) is 2.97. The molecule has 3 aromatic rings. The van der Waals surface area contributed by atoms with Gasteiger partial charge in [0.1, 0.15) is 12.1 Å². The summed E-state index contributed by atoms with van der Waals surface area (Å²) in [5.74, 6) is 3.18. The van der Waals surface area contributed by atoms with E-state index >= 15 is 0 Å². The predicted octanol–water partition coefficient (Wildman–Crippen LogP) is 2.74. The van der Waals surface area contributed by atoms with E-state index in [-0.39, 0.29) is 0 Å². The molecule has 0 aliphatic carbocycles. The number of hydrogen-bond donors (Lipinski definition) is 1. The van der Waals surface area contributed by atoms with Gasteiger partial charge < -0.3 is 15.5 Å². The van der Waals surface area contributed by atoms with Gasteiger partial charge in [0.25, 0.3) is 0 Å². The molecule has 2 aromatic carbocycles. The molecule has 0 radical (unpaired) electrons. The van der Waals surface area contributed by atoms with Gasteiger partial charge in [0.2, 0.25) is 0 Å². The third-order valence-electron chi connectivity index (χ3n) is 4.14. The predicted molar refractivity (Wildman–Crippen MR) is 93.7 cm³/mol. The van der Waals surface area contributed by atoms with E-state index < -0.39 is 0 Å². The molecule has 0 unspecified atom stereocenters. The molecule has 1 aromatic heterocycles. The summed E-state index contributed by atoms with van der Waals surface area (Å²) in [4.78, 5) is 12.8. The molecule has 2 heterocycles. The second-order valence-corrected chi connectivity index (χ2v) is 5.58. The van der Waals surface area contributed by atoms with Gasteiger partial charge in [-0.05, 0) is 30.3 Å². The molecule has 0 atom stereocenters. The summed E-state index contributed by atoms with van der Waals surface area (Å²) in [6.45, 7) is 0.743. The van der Waals surface area contributed by atoms with Gasteiger partial charge in [-0.3, -0.25) is 0 Å². The Morgan fingerprint density at radius 1 is 1.17 bits per heavy atom. The lowest BCUT2D eigenvalue weighted by Crippen LogP contribution is -2.23. The van der Waals surface area contributed by atoms with Gasteiger partial charge in [0.05, 0.1) is 23.6 Å². The average molecular weight is 301 g/mol. The second kappa shape index (κ2) is 4.89. The fourth-order valence-corrected chi connectivity index (χ4v) is 2.97. The van der Waals surface area contributed by atoms with Gasteiger partial charge in [-0.25, -0.2) is 9.97 Å². The van der Waals surface area contributed by atoms with E-state index in [0.717, 1.165) is 40.2 Å². The zero-order valence-corrected chi connectivity index (χ0v) is 12.7. The van der Waals surface area contributed by atoms with E-state index in [2.05, 4.69) is 44.9 Å². The normalized spacial score (nSPS) is 13.2. The van der Waals surface area contributed by atoms with Gasteiger partial charge in [-0.1, -0.05) is 12.0 Å². The molecule has 0 saturated carbocycles. The monoisotopic (exact) mass is 301 g/mol. The van der Waals surface area contributed by atoms with Crippen LogP contribution in [0.1, 0.15) is 5.56 Å². The minimum atomic E-state index is 0.499. The third kappa shape index (κ3) is 2.04. The highest BCUT2D eigenvalue weighted by molar-refractivity contribution is 5.98. The van der Waals surface area contributed by atoms with Crippen molar-refractivity contribution in [2.75, 3.05) is 29.2 Å². The topological polar surface area (TPSA) is 58.3 Å². The second-order valence-electron chi connectivity index (χ2n) is 5.58. The number of benzene rings is 2. The number of anilines is 4. The van der Waals surface area contributed by atoms with E-state index in [4.69, 9.17) is 12.2 Å². The van der Waals surface area contributed by atoms with Crippen molar-refractivity contribution in [2.24, 2.45) is 0 Å². The highest BCUT2D eigenvalue weighted by Crippen LogP contribution is 2.42. The van der Waals surface area contributed by atoms with Crippen molar-refractivity contribution in [3.63, 3.8) is 0 Å². The van der Waals surface area contributed by atoms with Crippen LogP contribution in [0.25, 0.3) is 10.9 Å². The van der Waals surface area contributed by atoms with Crippen molar-refractivity contribution in [3.8, 4) is 12.3 Å². The number of aromatic nitrogens is 2. The molecule has 112 valence electrons. The Balaban J connectivity index is 1.90. The van der Waals surface area contributed by atoms with Gasteiger partial charge in [0.15, 0.2) is 0 Å². The Hall–Kier alpha value is -3.26. The van der Waals surface area contributed by atoms with Crippen LogP contribution in [0, 0.1) is 12.3 Å². The number of terminal acetylenes is 1. The standard InChI is InChI=1S/C18H15N5/c1-3-12-5-4-6-13(7-12)23-11-22(2)16-8-14-15(9-17(16)23)20-10-21-18(14)19/h1,4-10H,11H2,2H3,(H2,19,20,21). The molecule has 4 rings (SSSR count). The Labute approximate surface area is 134 Å². The van der Waals surface area contributed by atoms with Gasteiger partial charge in [-0.15, -0.1) is 6.42 Å². The molecule has 0 fully saturated rings. The summed E-state index contributed by atoms with van der Waals surface area (Å²) in [7, 11) is 2.05. The summed E-state index contributed by atoms with van der Waals surface area (Å²) in [6, 6.07) is 12.1. The van der Waals surface area contributed by atoms with E-state index in [1.165, 1.54) is 6.33 Å². The number of rotatable bonds is 1. The molecule has 5 heteroatoms. The van der Waals surface area contributed by atoms with E-state index in [0.29, 0.717) is 5.82 Å². The average Bonchev–Trinajstić information content (AvgIpc) is 2.90. The van der Waals surface area contributed by atoms with Crippen molar-refractivity contribution in [1.82, 2.24) is 9.97 Å². The summed E-state index contributed by atoms with van der Waals surface area (Å²) in [5.41, 5.74) is 10.9. The summed E-state index contributed by atoms with van der Waals surface area (Å²) >= 11 is 0. The quantitative estimate of drug-likeness (QED) is 0.700. The molecule has 0 bridgehead atoms. The van der Waals surface area contributed by atoms with Crippen molar-refractivity contribution in [2.45, 2.75) is 0 Å². The van der Waals surface area contributed by atoms with E-state index in [1.807, 2.05) is 24.3 Å². The van der Waals surface area contributed by atoms with Gasteiger partial charge in [-0.2, -0.15) is 0 Å². The van der Waals surface area contributed by atoms with Crippen molar-refractivity contribution in [1.29, 1.82) is 0 Å². The maximum Gasteiger partial charge on any atom is 0.134 e. The fraction of sp³-hybridized carbons (Fsp3) is 0.111. The highest BCUT2D eigenvalue weighted by atomic mass is 15.4. The van der Waals surface area contributed by atoms with Crippen molar-refractivity contribution >= 4 is 33.8 Å². The van der Waals surface area contributed by atoms with Crippen LogP contribution in [0.15, 0.2) is 42.7 Å². The molecular weight excluding hydrogens is 286 g/mol. The number of hydrogen-bond acceptors (Lipinski definition) is 5. The Kier molecular flexibility index (Phi) is 2.85. The van der Waals surface area contributed by atoms with Gasteiger partial charge >= 0.3 is 0 Å². The third-order valence-corrected chi connectivity index (χ3v) is 4.14. The lowest BCUT2D eigenvalue weighted by Gasteiger charge is -2.19. The first-order valence-corrected chi connectivity index (χ1v) is 7.27. The summed E-state index contributed by atoms with van der Waals surface area (Å²) < 4.78 is 0. The molecule has 1 aliphatic rings. The zero-order valence-electron chi connectivity index (χ0n) is 12.7. The van der Waals surface area contributed by atoms with E-state index in [9.17, 15) is 0 Å². The SMILES string of the molecule is C#Cc1cccc(N2CN(C)c3cc4c(N)ncnc4cc32)c1. The Morgan fingerprint density at radius 3 is 2.87 bits per heavy atom. The van der Waals surface area contributed by atoms with Crippen LogP contribution >= 0.6 is 0 Å². The number of nitrogen functional groups attached to an aromatic ring is 1. The van der Waals surface area contributed by atoms with Gasteiger partial charge in [0, 0.05) is 23.7 Å². The van der Waals surface area contributed by atoms with Crippen LogP contribution in [0.4, 0.5) is 22.9 Å². The first-order chi connectivity index (χ1) is 11.2. The minimum Gasteiger partial charge on any atom is -0.383 e. The summed E-state index contributed by atoms with van der Waals surface area (Å²) in [6.07, 6.45) is 7.01. The number of nitrogens with two attached hydrogens (primary N) is 1. The maximum absolute atomic E-state index is 5.97. The van der Waals surface area contributed by atoms with Crippen LogP contribution in [-0.4, -0.2) is 23.7 Å². The number of fused-ring (bicyclic) bond motifs is 2. The van der Waals surface area contributed by atoms with Crippen LogP contribution in [-0.2, 0) is 0 Å². The number of nitrogens with zero attached hydrogens (tertiary/aromatic N) is 4. The Morgan fingerprint density at radius 2 is 2.04 bits per heavy atom. The first kappa shape index (κ1) is 13.4. The molecule has 0 amide bonds. The van der Waals surface area contributed by atoms with Crippen LogP contribution < -0.4 is 15.5 Å². The van der Waals surface area contributed by atoms with Crippen LogP contribution in [0.2, 0.25) is 0 Å². The molecule has 5 nitrogen and oxygen atoms in total. The first-order valence-electron chi connectivity index (χ1n) is 7.27. The molecule has 2 N–H and O–H groups in total. The van der Waals surface area contributed by atoms with Crippen molar-refractivity contribution in [3.05, 3.63) is 48.3 Å². The molecule has 0 saturated heterocycles. The van der Waals surface area contributed by atoms with E-state index in [1.54, 1.807) is 0 Å². The molecule has 0 spiro atoms. The van der Waals surface area contributed by atoms with Crippen LogP contribution in [0.5, 0.6) is 0 Å². The smallest absolute Gasteiger partial charge is 0.134 e. The summed E-state index contributed by atoms with van der Waals surface area (Å²) in [5, 5.41) is 0.873. The minimum absolute atomic E-state index is 0.499. The highest BCUT2D eigenvalue weighted by Gasteiger charge is 2.25. The zero-order chi connectivity index (χ0) is 16.0. The maximum atomic E-state index is 5.97. The molecule has 23 heavy (non-hydrogen) atoms. The Bertz CT molecular complexity index is 957. The molecular formula is C18H15N5. The van der Waals surface area contributed by atoms with Crippen LogP contribution in [0.3, 0.4) is 0 Å². The lowest BCUT2D eigenvalue weighted by atomic mass is 10.1. The molecule has 1 aliphatic heterocycles. The lowest BCUT2D eigenvalue weighted by molar-refractivity contribution is 0.950. The largest absolute Gasteiger partial charge is 0.383 e.